The normalized spacial score (nSPS) is 10.3. The average Bonchev–Trinajstić information content (AvgIpc) is 2.44. The van der Waals surface area contributed by atoms with Crippen molar-refractivity contribution in [2.75, 3.05) is 12.4 Å². The third-order valence-electron chi connectivity index (χ3n) is 2.85. The van der Waals surface area contributed by atoms with Crippen LogP contribution in [0.5, 0.6) is 23.0 Å². The van der Waals surface area contributed by atoms with Gasteiger partial charge in [0.15, 0.2) is 23.1 Å². The smallest absolute Gasteiger partial charge is 0.200 e. The molecule has 0 saturated carbocycles. The molecule has 0 fully saturated rings. The predicted molar refractivity (Wildman–Crippen MR) is 71.7 cm³/mol. The number of hydrogen-bond acceptors (Lipinski definition) is 5. The SMILES string of the molecule is COc1ccc(NCc2ccc(O)c(O)c2O)cc1F. The molecular weight excluding hydrogens is 265 g/mol. The van der Waals surface area contributed by atoms with Gasteiger partial charge in [-0.3, -0.25) is 0 Å². The minimum absolute atomic E-state index is 0.140. The maximum atomic E-state index is 13.5. The Morgan fingerprint density at radius 2 is 1.85 bits per heavy atom. The van der Waals surface area contributed by atoms with Crippen molar-refractivity contribution >= 4 is 5.69 Å². The number of phenolic OH excluding ortho intramolecular Hbond substituents is 3. The van der Waals surface area contributed by atoms with E-state index in [-0.39, 0.29) is 12.3 Å². The van der Waals surface area contributed by atoms with Crippen molar-refractivity contribution in [1.29, 1.82) is 0 Å². The molecule has 0 heterocycles. The van der Waals surface area contributed by atoms with Gasteiger partial charge in [0, 0.05) is 23.9 Å². The van der Waals surface area contributed by atoms with Crippen LogP contribution < -0.4 is 10.1 Å². The highest BCUT2D eigenvalue weighted by Crippen LogP contribution is 2.37. The van der Waals surface area contributed by atoms with Crippen molar-refractivity contribution in [2.24, 2.45) is 0 Å². The number of rotatable bonds is 4. The Kier molecular flexibility index (Phi) is 3.84. The zero-order chi connectivity index (χ0) is 14.7. The second-order valence-corrected chi connectivity index (χ2v) is 4.14. The summed E-state index contributed by atoms with van der Waals surface area (Å²) < 4.78 is 18.3. The quantitative estimate of drug-likeness (QED) is 0.647. The van der Waals surface area contributed by atoms with Crippen LogP contribution in [0.2, 0.25) is 0 Å². The predicted octanol–water partition coefficient (Wildman–Crippen LogP) is 2.56. The fraction of sp³-hybridized carbons (Fsp3) is 0.143. The van der Waals surface area contributed by atoms with Crippen molar-refractivity contribution in [3.8, 4) is 23.0 Å². The van der Waals surface area contributed by atoms with Crippen LogP contribution >= 0.6 is 0 Å². The molecule has 0 aromatic heterocycles. The van der Waals surface area contributed by atoms with Gasteiger partial charge in [-0.15, -0.1) is 0 Å². The first-order valence-electron chi connectivity index (χ1n) is 5.83. The minimum Gasteiger partial charge on any atom is -0.504 e. The highest BCUT2D eigenvalue weighted by Gasteiger charge is 2.11. The van der Waals surface area contributed by atoms with E-state index in [9.17, 15) is 19.7 Å². The molecule has 0 saturated heterocycles. The molecular formula is C14H14FNO4. The number of nitrogens with one attached hydrogen (secondary N) is 1. The molecule has 2 aromatic carbocycles. The van der Waals surface area contributed by atoms with Crippen molar-refractivity contribution in [1.82, 2.24) is 0 Å². The molecule has 0 aliphatic rings. The Morgan fingerprint density at radius 1 is 1.10 bits per heavy atom. The van der Waals surface area contributed by atoms with Crippen LogP contribution in [0.4, 0.5) is 10.1 Å². The van der Waals surface area contributed by atoms with E-state index in [1.165, 1.54) is 31.4 Å². The van der Waals surface area contributed by atoms with Gasteiger partial charge in [0.25, 0.3) is 0 Å². The van der Waals surface area contributed by atoms with Gasteiger partial charge in [0.05, 0.1) is 7.11 Å². The summed E-state index contributed by atoms with van der Waals surface area (Å²) in [5.74, 6) is -1.76. The van der Waals surface area contributed by atoms with Gasteiger partial charge in [-0.05, 0) is 24.3 Å². The van der Waals surface area contributed by atoms with Crippen LogP contribution in [0.15, 0.2) is 30.3 Å². The van der Waals surface area contributed by atoms with E-state index in [1.54, 1.807) is 6.07 Å². The number of ether oxygens (including phenoxy) is 1. The maximum absolute atomic E-state index is 13.5. The van der Waals surface area contributed by atoms with E-state index in [1.807, 2.05) is 0 Å². The molecule has 0 spiro atoms. The monoisotopic (exact) mass is 279 g/mol. The fourth-order valence-corrected chi connectivity index (χ4v) is 1.73. The lowest BCUT2D eigenvalue weighted by Crippen LogP contribution is -2.00. The molecule has 6 heteroatoms. The summed E-state index contributed by atoms with van der Waals surface area (Å²) in [5.41, 5.74) is 0.867. The van der Waals surface area contributed by atoms with Crippen LogP contribution in [0, 0.1) is 5.82 Å². The van der Waals surface area contributed by atoms with Gasteiger partial charge < -0.3 is 25.4 Å². The van der Waals surface area contributed by atoms with Crippen molar-refractivity contribution < 1.29 is 24.4 Å². The van der Waals surface area contributed by atoms with Gasteiger partial charge >= 0.3 is 0 Å². The van der Waals surface area contributed by atoms with Crippen molar-refractivity contribution in [2.45, 2.75) is 6.54 Å². The molecule has 0 aliphatic carbocycles. The van der Waals surface area contributed by atoms with Crippen molar-refractivity contribution in [3.05, 3.63) is 41.7 Å². The standard InChI is InChI=1S/C14H14FNO4/c1-20-12-5-3-9(6-10(12)15)16-7-8-2-4-11(17)14(19)13(8)18/h2-6,16-19H,7H2,1H3. The lowest BCUT2D eigenvalue weighted by Gasteiger charge is -2.11. The van der Waals surface area contributed by atoms with Gasteiger partial charge in [0.2, 0.25) is 5.75 Å². The number of aromatic hydroxyl groups is 3. The summed E-state index contributed by atoms with van der Waals surface area (Å²) in [6, 6.07) is 7.08. The van der Waals surface area contributed by atoms with E-state index < -0.39 is 23.1 Å². The molecule has 20 heavy (non-hydrogen) atoms. The number of phenols is 3. The molecule has 0 amide bonds. The first-order chi connectivity index (χ1) is 9.52. The molecule has 4 N–H and O–H groups in total. The Balaban J connectivity index is 2.13. The van der Waals surface area contributed by atoms with Gasteiger partial charge in [-0.25, -0.2) is 4.39 Å². The number of halogens is 1. The number of anilines is 1. The minimum atomic E-state index is -0.579. The van der Waals surface area contributed by atoms with Crippen LogP contribution in [0.25, 0.3) is 0 Å². The van der Waals surface area contributed by atoms with Crippen LogP contribution in [0.1, 0.15) is 5.56 Å². The Morgan fingerprint density at radius 3 is 2.50 bits per heavy atom. The summed E-state index contributed by atoms with van der Waals surface area (Å²) in [6.07, 6.45) is 0. The van der Waals surface area contributed by atoms with E-state index in [0.717, 1.165) is 0 Å². The summed E-state index contributed by atoms with van der Waals surface area (Å²) in [6.45, 7) is 0.158. The van der Waals surface area contributed by atoms with Gasteiger partial charge in [-0.1, -0.05) is 0 Å². The van der Waals surface area contributed by atoms with Crippen molar-refractivity contribution in [3.63, 3.8) is 0 Å². The third-order valence-corrected chi connectivity index (χ3v) is 2.85. The zero-order valence-corrected chi connectivity index (χ0v) is 10.7. The lowest BCUT2D eigenvalue weighted by molar-refractivity contribution is 0.365. The molecule has 0 radical (unpaired) electrons. The zero-order valence-electron chi connectivity index (χ0n) is 10.7. The Hall–Kier alpha value is -2.63. The molecule has 106 valence electrons. The lowest BCUT2D eigenvalue weighted by atomic mass is 10.1. The summed E-state index contributed by atoms with van der Waals surface area (Å²) in [7, 11) is 1.38. The van der Waals surface area contributed by atoms with E-state index in [4.69, 9.17) is 4.74 Å². The molecule has 0 bridgehead atoms. The van der Waals surface area contributed by atoms with Crippen LogP contribution in [-0.2, 0) is 6.54 Å². The number of hydrogen-bond donors (Lipinski definition) is 4. The summed E-state index contributed by atoms with van der Waals surface area (Å²) in [5, 5.41) is 31.1. The summed E-state index contributed by atoms with van der Waals surface area (Å²) in [4.78, 5) is 0. The maximum Gasteiger partial charge on any atom is 0.200 e. The van der Waals surface area contributed by atoms with E-state index in [0.29, 0.717) is 11.3 Å². The molecule has 5 nitrogen and oxygen atoms in total. The van der Waals surface area contributed by atoms with Gasteiger partial charge in [-0.2, -0.15) is 0 Å². The third kappa shape index (κ3) is 2.69. The summed E-state index contributed by atoms with van der Waals surface area (Å²) >= 11 is 0. The second kappa shape index (κ2) is 5.56. The van der Waals surface area contributed by atoms with Crippen LogP contribution in [-0.4, -0.2) is 22.4 Å². The second-order valence-electron chi connectivity index (χ2n) is 4.14. The highest BCUT2D eigenvalue weighted by atomic mass is 19.1. The van der Waals surface area contributed by atoms with Gasteiger partial charge in [0.1, 0.15) is 0 Å². The Labute approximate surface area is 114 Å². The van der Waals surface area contributed by atoms with E-state index in [2.05, 4.69) is 5.32 Å². The average molecular weight is 279 g/mol. The molecule has 2 rings (SSSR count). The fourth-order valence-electron chi connectivity index (χ4n) is 1.73. The Bertz CT molecular complexity index is 631. The molecule has 0 atom stereocenters. The number of benzene rings is 2. The number of methoxy groups -OCH3 is 1. The molecule has 2 aromatic rings. The first kappa shape index (κ1) is 13.8. The topological polar surface area (TPSA) is 82.0 Å². The largest absolute Gasteiger partial charge is 0.504 e. The first-order valence-corrected chi connectivity index (χ1v) is 5.83. The van der Waals surface area contributed by atoms with Crippen LogP contribution in [0.3, 0.4) is 0 Å². The van der Waals surface area contributed by atoms with E-state index >= 15 is 0 Å². The molecule has 0 unspecified atom stereocenters. The highest BCUT2D eigenvalue weighted by molar-refractivity contribution is 5.55. The molecule has 0 aliphatic heterocycles.